The lowest BCUT2D eigenvalue weighted by Gasteiger charge is -2.42. The Hall–Kier alpha value is -3.43. The van der Waals surface area contributed by atoms with Crippen LogP contribution in [0.2, 0.25) is 0 Å². The van der Waals surface area contributed by atoms with E-state index in [-0.39, 0.29) is 55.6 Å². The summed E-state index contributed by atoms with van der Waals surface area (Å²) in [5.74, 6) is -0.155. The smallest absolute Gasteiger partial charge is 0.257 e. The third kappa shape index (κ3) is 6.17. The molecule has 0 aromatic heterocycles. The summed E-state index contributed by atoms with van der Waals surface area (Å²) < 4.78 is 17.0. The van der Waals surface area contributed by atoms with Gasteiger partial charge in [-0.2, -0.15) is 0 Å². The first-order valence-corrected chi connectivity index (χ1v) is 11.7. The molecule has 0 saturated carbocycles. The molecule has 186 valence electrons. The molecule has 0 unspecified atom stereocenters. The van der Waals surface area contributed by atoms with Crippen LogP contribution in [-0.2, 0) is 25.6 Å². The molecule has 0 radical (unpaired) electrons. The molecule has 0 bridgehead atoms. The fourth-order valence-electron chi connectivity index (χ4n) is 4.51. The van der Waals surface area contributed by atoms with Gasteiger partial charge in [0.1, 0.15) is 25.1 Å². The van der Waals surface area contributed by atoms with Crippen molar-refractivity contribution in [3.8, 4) is 5.75 Å². The number of nitrogens with zero attached hydrogens (tertiary/aromatic N) is 1. The summed E-state index contributed by atoms with van der Waals surface area (Å²) >= 11 is 0. The monoisotopic (exact) mass is 481 g/mol. The fourth-order valence-corrected chi connectivity index (χ4v) is 4.51. The van der Waals surface area contributed by atoms with Crippen LogP contribution in [0.1, 0.15) is 35.2 Å². The maximum Gasteiger partial charge on any atom is 0.257 e. The zero-order chi connectivity index (χ0) is 24.8. The molecule has 9 heteroatoms. The van der Waals surface area contributed by atoms with Gasteiger partial charge in [0.25, 0.3) is 5.91 Å². The first-order chi connectivity index (χ1) is 16.9. The van der Waals surface area contributed by atoms with Crippen LogP contribution in [0.3, 0.4) is 0 Å². The van der Waals surface area contributed by atoms with Crippen LogP contribution < -0.4 is 15.4 Å². The van der Waals surface area contributed by atoms with Gasteiger partial charge in [0.15, 0.2) is 0 Å². The molecular formula is C26H31N3O6. The normalized spacial score (nSPS) is 21.6. The van der Waals surface area contributed by atoms with Crippen molar-refractivity contribution < 1.29 is 28.6 Å². The van der Waals surface area contributed by atoms with Crippen molar-refractivity contribution in [2.24, 2.45) is 0 Å². The number of amides is 3. The number of carbonyl (C=O) groups is 3. The summed E-state index contributed by atoms with van der Waals surface area (Å²) in [5, 5.41) is 5.66. The summed E-state index contributed by atoms with van der Waals surface area (Å²) in [5.41, 5.74) is 1.91. The van der Waals surface area contributed by atoms with Crippen molar-refractivity contribution in [2.45, 2.75) is 44.1 Å². The minimum absolute atomic E-state index is 0.0677. The number of likely N-dealkylation sites (N-methyl/N-ethyl adjacent to an activating group) is 1. The van der Waals surface area contributed by atoms with Crippen LogP contribution in [-0.4, -0.2) is 68.2 Å². The van der Waals surface area contributed by atoms with Crippen molar-refractivity contribution in [1.29, 1.82) is 0 Å². The molecule has 3 atom stereocenters. The van der Waals surface area contributed by atoms with Gasteiger partial charge in [0.05, 0.1) is 24.1 Å². The number of fused-ring (bicyclic) bond motifs is 2. The predicted octanol–water partition coefficient (Wildman–Crippen LogP) is 2.36. The first-order valence-electron chi connectivity index (χ1n) is 11.7. The molecule has 2 aromatic rings. The molecule has 2 heterocycles. The van der Waals surface area contributed by atoms with Gasteiger partial charge in [0.2, 0.25) is 11.8 Å². The molecule has 35 heavy (non-hydrogen) atoms. The van der Waals surface area contributed by atoms with E-state index in [2.05, 4.69) is 10.6 Å². The van der Waals surface area contributed by atoms with E-state index in [0.29, 0.717) is 36.4 Å². The largest absolute Gasteiger partial charge is 0.490 e. The zero-order valence-corrected chi connectivity index (χ0v) is 20.0. The number of hydrogen-bond donors (Lipinski definition) is 2. The summed E-state index contributed by atoms with van der Waals surface area (Å²) in [7, 11) is 3.19. The number of methoxy groups -OCH3 is 1. The molecule has 0 spiro atoms. The lowest BCUT2D eigenvalue weighted by atomic mass is 9.94. The van der Waals surface area contributed by atoms with Crippen LogP contribution in [0.5, 0.6) is 5.75 Å². The van der Waals surface area contributed by atoms with Crippen LogP contribution in [0, 0.1) is 0 Å². The van der Waals surface area contributed by atoms with Gasteiger partial charge in [-0.1, -0.05) is 30.3 Å². The van der Waals surface area contributed by atoms with Gasteiger partial charge < -0.3 is 29.7 Å². The lowest BCUT2D eigenvalue weighted by Crippen LogP contribution is -2.53. The van der Waals surface area contributed by atoms with Crippen molar-refractivity contribution >= 4 is 23.4 Å². The molecule has 2 N–H and O–H groups in total. The third-order valence-corrected chi connectivity index (χ3v) is 6.32. The number of rotatable bonds is 7. The second kappa shape index (κ2) is 11.3. The topological polar surface area (TPSA) is 106 Å². The van der Waals surface area contributed by atoms with Crippen molar-refractivity contribution in [2.75, 3.05) is 32.7 Å². The number of anilines is 1. The maximum atomic E-state index is 13.3. The number of ether oxygens (including phenoxy) is 3. The maximum absolute atomic E-state index is 13.3. The SMILES string of the molecule is COCC(=O)Nc1ccc2c(c1)C(=O)N(C)[C@H]1CC[C@@H](CC(=O)NCc3ccccc3)O[C@H]1CO2. The Morgan fingerprint density at radius 3 is 2.69 bits per heavy atom. The van der Waals surface area contributed by atoms with Gasteiger partial charge in [-0.25, -0.2) is 0 Å². The van der Waals surface area contributed by atoms with E-state index in [4.69, 9.17) is 14.2 Å². The minimum Gasteiger partial charge on any atom is -0.490 e. The van der Waals surface area contributed by atoms with Crippen LogP contribution >= 0.6 is 0 Å². The van der Waals surface area contributed by atoms with Crippen molar-refractivity contribution in [3.63, 3.8) is 0 Å². The first kappa shape index (κ1) is 24.7. The Kier molecular flexibility index (Phi) is 7.99. The summed E-state index contributed by atoms with van der Waals surface area (Å²) in [4.78, 5) is 39.3. The Labute approximate surface area is 204 Å². The van der Waals surface area contributed by atoms with Crippen molar-refractivity contribution in [3.05, 3.63) is 59.7 Å². The van der Waals surface area contributed by atoms with E-state index in [1.54, 1.807) is 30.1 Å². The average Bonchev–Trinajstić information content (AvgIpc) is 2.86. The highest BCUT2D eigenvalue weighted by Crippen LogP contribution is 2.32. The van der Waals surface area contributed by atoms with Crippen molar-refractivity contribution in [1.82, 2.24) is 10.2 Å². The average molecular weight is 482 g/mol. The molecule has 0 aliphatic carbocycles. The quantitative estimate of drug-likeness (QED) is 0.629. The Morgan fingerprint density at radius 2 is 1.91 bits per heavy atom. The molecule has 1 fully saturated rings. The standard InChI is InChI=1S/C26H31N3O6/c1-29-21-10-9-19(13-24(30)27-14-17-6-4-3-5-7-17)35-23(21)15-34-22-11-8-18(12-20(22)26(29)32)28-25(31)16-33-2/h3-8,11-12,19,21,23H,9-10,13-16H2,1-2H3,(H,27,30)(H,28,31)/t19-,21-,23-/m0/s1. The minimum atomic E-state index is -0.348. The summed E-state index contributed by atoms with van der Waals surface area (Å²) in [6.45, 7) is 0.657. The predicted molar refractivity (Wildman–Crippen MR) is 129 cm³/mol. The highest BCUT2D eigenvalue weighted by atomic mass is 16.5. The molecular weight excluding hydrogens is 450 g/mol. The number of nitrogens with one attached hydrogen (secondary N) is 2. The Balaban J connectivity index is 1.38. The summed E-state index contributed by atoms with van der Waals surface area (Å²) in [6.07, 6.45) is 1.04. The molecule has 4 rings (SSSR count). The van der Waals surface area contributed by atoms with Crippen LogP contribution in [0.4, 0.5) is 5.69 Å². The summed E-state index contributed by atoms with van der Waals surface area (Å²) in [6, 6.07) is 14.5. The molecule has 3 amide bonds. The number of benzene rings is 2. The van der Waals surface area contributed by atoms with Gasteiger partial charge in [-0.3, -0.25) is 14.4 Å². The van der Waals surface area contributed by atoms with Gasteiger partial charge in [0, 0.05) is 26.4 Å². The lowest BCUT2D eigenvalue weighted by molar-refractivity contribution is -0.134. The number of carbonyl (C=O) groups excluding carboxylic acids is 3. The van der Waals surface area contributed by atoms with Gasteiger partial charge >= 0.3 is 0 Å². The molecule has 2 aliphatic rings. The molecule has 2 aliphatic heterocycles. The Bertz CT molecular complexity index is 1060. The molecule has 1 saturated heterocycles. The van der Waals surface area contributed by atoms with Gasteiger partial charge in [-0.05, 0) is 36.6 Å². The van der Waals surface area contributed by atoms with E-state index in [0.717, 1.165) is 5.56 Å². The highest BCUT2D eigenvalue weighted by molar-refractivity contribution is 6.00. The molecule has 2 aromatic carbocycles. The van der Waals surface area contributed by atoms with Gasteiger partial charge in [-0.15, -0.1) is 0 Å². The second-order valence-electron chi connectivity index (χ2n) is 8.83. The van der Waals surface area contributed by atoms with E-state index in [9.17, 15) is 14.4 Å². The van der Waals surface area contributed by atoms with E-state index in [1.165, 1.54) is 7.11 Å². The van der Waals surface area contributed by atoms with Crippen LogP contribution in [0.15, 0.2) is 48.5 Å². The van der Waals surface area contributed by atoms with Crippen LogP contribution in [0.25, 0.3) is 0 Å². The van der Waals surface area contributed by atoms with E-state index >= 15 is 0 Å². The number of hydrogen-bond acceptors (Lipinski definition) is 6. The Morgan fingerprint density at radius 1 is 1.11 bits per heavy atom. The molecule has 9 nitrogen and oxygen atoms in total. The second-order valence-corrected chi connectivity index (χ2v) is 8.83. The van der Waals surface area contributed by atoms with E-state index in [1.807, 2.05) is 30.3 Å². The zero-order valence-electron chi connectivity index (χ0n) is 20.0. The third-order valence-electron chi connectivity index (χ3n) is 6.32. The fraction of sp³-hybridized carbons (Fsp3) is 0.423. The van der Waals surface area contributed by atoms with E-state index < -0.39 is 0 Å². The highest BCUT2D eigenvalue weighted by Gasteiger charge is 2.39.